The maximum atomic E-state index is 13.5. The van der Waals surface area contributed by atoms with Gasteiger partial charge in [-0.1, -0.05) is 32.0 Å². The third-order valence-electron chi connectivity index (χ3n) is 6.39. The summed E-state index contributed by atoms with van der Waals surface area (Å²) in [4.78, 5) is 17.6. The fourth-order valence-electron chi connectivity index (χ4n) is 4.33. The third kappa shape index (κ3) is 6.74. The van der Waals surface area contributed by atoms with E-state index in [0.717, 1.165) is 19.5 Å². The molecule has 3 atom stereocenters. The maximum Gasteiger partial charge on any atom is 0.261 e. The van der Waals surface area contributed by atoms with Crippen molar-refractivity contribution in [2.45, 2.75) is 44.2 Å². The van der Waals surface area contributed by atoms with Gasteiger partial charge in [0.15, 0.2) is 0 Å². The summed E-state index contributed by atoms with van der Waals surface area (Å²) < 4.78 is 40.1. The number of methoxy groups -OCH3 is 1. The number of carbonyl (C=O) groups excluding carboxylic acids is 1. The molecule has 0 fully saturated rings. The van der Waals surface area contributed by atoms with Crippen LogP contribution >= 0.6 is 0 Å². The minimum Gasteiger partial charge on any atom is -0.491 e. The number of nitrogens with zero attached hydrogens (tertiary/aromatic N) is 2. The Morgan fingerprint density at radius 1 is 1.11 bits per heavy atom. The molecule has 0 bridgehead atoms. The van der Waals surface area contributed by atoms with Crippen molar-refractivity contribution in [3.63, 3.8) is 0 Å². The Bertz CT molecular complexity index is 1090. The molecule has 0 aliphatic carbocycles. The maximum absolute atomic E-state index is 13.5. The lowest BCUT2D eigenvalue weighted by atomic mass is 10.0. The standard InChI is InChI=1S/C26H37N3O5S/c1-6-14-29-16-19(2)25(33-5)17-28(4)26(30)23-15-21(12-13-24(23)34-18-20(29)3)27-35(31,32)22-10-8-7-9-11-22/h7-13,15,19-20,25,27H,6,14,16-18H2,1-5H3/t19-,20-,25+/m0/s1. The fraction of sp³-hybridized carbons (Fsp3) is 0.500. The summed E-state index contributed by atoms with van der Waals surface area (Å²) in [6.07, 6.45) is 0.883. The lowest BCUT2D eigenvalue weighted by Gasteiger charge is -2.35. The Morgan fingerprint density at radius 2 is 1.83 bits per heavy atom. The predicted molar refractivity (Wildman–Crippen MR) is 137 cm³/mol. The quantitative estimate of drug-likeness (QED) is 0.647. The van der Waals surface area contributed by atoms with Crippen molar-refractivity contribution in [3.05, 3.63) is 54.1 Å². The van der Waals surface area contributed by atoms with Gasteiger partial charge in [0.1, 0.15) is 12.4 Å². The number of rotatable bonds is 6. The second-order valence-corrected chi connectivity index (χ2v) is 10.9. The molecule has 0 saturated carbocycles. The van der Waals surface area contributed by atoms with Gasteiger partial charge >= 0.3 is 0 Å². The van der Waals surface area contributed by atoms with E-state index in [1.165, 1.54) is 12.1 Å². The Morgan fingerprint density at radius 3 is 2.49 bits per heavy atom. The van der Waals surface area contributed by atoms with Crippen molar-refractivity contribution >= 4 is 21.6 Å². The van der Waals surface area contributed by atoms with Gasteiger partial charge in [-0.25, -0.2) is 8.42 Å². The zero-order valence-corrected chi connectivity index (χ0v) is 22.0. The molecule has 2 aromatic rings. The van der Waals surface area contributed by atoms with Crippen LogP contribution in [0, 0.1) is 5.92 Å². The Kier molecular flexibility index (Phi) is 9.15. The van der Waals surface area contributed by atoms with Gasteiger partial charge in [-0.3, -0.25) is 14.4 Å². The summed E-state index contributed by atoms with van der Waals surface area (Å²) in [5.41, 5.74) is 0.598. The van der Waals surface area contributed by atoms with Gasteiger partial charge in [-0.2, -0.15) is 0 Å². The topological polar surface area (TPSA) is 88.2 Å². The number of sulfonamides is 1. The van der Waals surface area contributed by atoms with Crippen LogP contribution in [-0.4, -0.2) is 76.7 Å². The Hall–Kier alpha value is -2.62. The number of hydrogen-bond donors (Lipinski definition) is 1. The Labute approximate surface area is 209 Å². The molecule has 0 radical (unpaired) electrons. The van der Waals surface area contributed by atoms with Crippen molar-refractivity contribution in [1.82, 2.24) is 9.80 Å². The average molecular weight is 504 g/mol. The van der Waals surface area contributed by atoms with Crippen LogP contribution in [0.1, 0.15) is 37.6 Å². The number of ether oxygens (including phenoxy) is 2. The molecule has 192 valence electrons. The van der Waals surface area contributed by atoms with E-state index in [0.29, 0.717) is 30.2 Å². The second kappa shape index (κ2) is 11.9. The lowest BCUT2D eigenvalue weighted by molar-refractivity contribution is 0.0108. The molecular weight excluding hydrogens is 466 g/mol. The largest absolute Gasteiger partial charge is 0.491 e. The third-order valence-corrected chi connectivity index (χ3v) is 7.79. The fourth-order valence-corrected chi connectivity index (χ4v) is 5.40. The molecule has 0 unspecified atom stereocenters. The first-order chi connectivity index (χ1) is 16.7. The molecule has 0 aromatic heterocycles. The van der Waals surface area contributed by atoms with Crippen LogP contribution in [0.2, 0.25) is 0 Å². The average Bonchev–Trinajstić information content (AvgIpc) is 2.85. The second-order valence-electron chi connectivity index (χ2n) is 9.22. The Balaban J connectivity index is 1.96. The molecule has 1 aliphatic rings. The SMILES string of the molecule is CCCN1C[C@H](C)[C@H](OC)CN(C)C(=O)c2cc(NS(=O)(=O)c3ccccc3)ccc2OC[C@@H]1C. The van der Waals surface area contributed by atoms with E-state index in [2.05, 4.69) is 30.4 Å². The summed E-state index contributed by atoms with van der Waals surface area (Å²) in [5.74, 6) is 0.371. The molecule has 1 heterocycles. The van der Waals surface area contributed by atoms with Crippen molar-refractivity contribution in [3.8, 4) is 5.75 Å². The first-order valence-electron chi connectivity index (χ1n) is 12.0. The number of carbonyl (C=O) groups is 1. The molecule has 3 rings (SSSR count). The molecular formula is C26H37N3O5S. The summed E-state index contributed by atoms with van der Waals surface area (Å²) in [5, 5.41) is 0. The zero-order chi connectivity index (χ0) is 25.6. The van der Waals surface area contributed by atoms with Gasteiger partial charge in [0, 0.05) is 39.0 Å². The van der Waals surface area contributed by atoms with Gasteiger partial charge in [-0.05, 0) is 56.1 Å². The van der Waals surface area contributed by atoms with E-state index >= 15 is 0 Å². The zero-order valence-electron chi connectivity index (χ0n) is 21.2. The number of fused-ring (bicyclic) bond motifs is 1. The minimum absolute atomic E-state index is 0.131. The van der Waals surface area contributed by atoms with Gasteiger partial charge < -0.3 is 14.4 Å². The molecule has 0 spiro atoms. The molecule has 2 aromatic carbocycles. The highest BCUT2D eigenvalue weighted by Crippen LogP contribution is 2.27. The first-order valence-corrected chi connectivity index (χ1v) is 13.5. The van der Waals surface area contributed by atoms with Crippen LogP contribution < -0.4 is 9.46 Å². The molecule has 1 aliphatic heterocycles. The molecule has 1 N–H and O–H groups in total. The number of likely N-dealkylation sites (N-methyl/N-ethyl adjacent to an activating group) is 1. The van der Waals surface area contributed by atoms with E-state index in [9.17, 15) is 13.2 Å². The summed E-state index contributed by atoms with van der Waals surface area (Å²) in [7, 11) is -0.397. The van der Waals surface area contributed by atoms with Gasteiger partial charge in [0.25, 0.3) is 15.9 Å². The number of nitrogens with one attached hydrogen (secondary N) is 1. The predicted octanol–water partition coefficient (Wildman–Crippen LogP) is 3.70. The highest BCUT2D eigenvalue weighted by molar-refractivity contribution is 7.92. The summed E-state index contributed by atoms with van der Waals surface area (Å²) in [6.45, 7) is 9.00. The van der Waals surface area contributed by atoms with Gasteiger partial charge in [0.2, 0.25) is 0 Å². The normalized spacial score (nSPS) is 22.5. The smallest absolute Gasteiger partial charge is 0.261 e. The van der Waals surface area contributed by atoms with Gasteiger partial charge in [0.05, 0.1) is 16.6 Å². The summed E-state index contributed by atoms with van der Waals surface area (Å²) >= 11 is 0. The van der Waals surface area contributed by atoms with Crippen LogP contribution in [0.5, 0.6) is 5.75 Å². The van der Waals surface area contributed by atoms with Crippen LogP contribution in [0.4, 0.5) is 5.69 Å². The molecule has 1 amide bonds. The number of amides is 1. The highest BCUT2D eigenvalue weighted by atomic mass is 32.2. The van der Waals surface area contributed by atoms with E-state index in [4.69, 9.17) is 9.47 Å². The van der Waals surface area contributed by atoms with Gasteiger partial charge in [-0.15, -0.1) is 0 Å². The van der Waals surface area contributed by atoms with E-state index in [1.807, 2.05) is 0 Å². The number of benzene rings is 2. The first kappa shape index (κ1) is 27.0. The lowest BCUT2D eigenvalue weighted by Crippen LogP contribution is -2.46. The number of hydrogen-bond acceptors (Lipinski definition) is 6. The van der Waals surface area contributed by atoms with E-state index < -0.39 is 10.0 Å². The van der Waals surface area contributed by atoms with Crippen molar-refractivity contribution in [2.75, 3.05) is 45.1 Å². The van der Waals surface area contributed by atoms with E-state index in [1.54, 1.807) is 55.5 Å². The van der Waals surface area contributed by atoms with Crippen LogP contribution in [0.15, 0.2) is 53.4 Å². The minimum atomic E-state index is -3.80. The van der Waals surface area contributed by atoms with Crippen LogP contribution in [0.25, 0.3) is 0 Å². The van der Waals surface area contributed by atoms with Crippen molar-refractivity contribution in [2.24, 2.45) is 5.92 Å². The van der Waals surface area contributed by atoms with E-state index in [-0.39, 0.29) is 28.9 Å². The summed E-state index contributed by atoms with van der Waals surface area (Å²) in [6, 6.07) is 13.1. The van der Waals surface area contributed by atoms with Crippen LogP contribution in [0.3, 0.4) is 0 Å². The van der Waals surface area contributed by atoms with Crippen LogP contribution in [-0.2, 0) is 14.8 Å². The van der Waals surface area contributed by atoms with Crippen molar-refractivity contribution in [1.29, 1.82) is 0 Å². The monoisotopic (exact) mass is 503 g/mol. The molecule has 35 heavy (non-hydrogen) atoms. The van der Waals surface area contributed by atoms with Crippen molar-refractivity contribution < 1.29 is 22.7 Å². The molecule has 9 heteroatoms. The molecule has 0 saturated heterocycles. The molecule has 8 nitrogen and oxygen atoms in total. The highest BCUT2D eigenvalue weighted by Gasteiger charge is 2.28. The number of anilines is 1.